The Morgan fingerprint density at radius 2 is 2.13 bits per heavy atom. The molecule has 1 aliphatic heterocycles. The molecule has 0 saturated carbocycles. The van der Waals surface area contributed by atoms with Crippen LogP contribution in [0.15, 0.2) is 0 Å². The number of rotatable bonds is 4. The van der Waals surface area contributed by atoms with Crippen molar-refractivity contribution in [2.24, 2.45) is 5.92 Å². The van der Waals surface area contributed by atoms with E-state index >= 15 is 0 Å². The maximum Gasteiger partial charge on any atom is 0.0584 e. The van der Waals surface area contributed by atoms with Crippen LogP contribution in [0.3, 0.4) is 0 Å². The van der Waals surface area contributed by atoms with Crippen molar-refractivity contribution in [3.63, 3.8) is 0 Å². The van der Waals surface area contributed by atoms with Gasteiger partial charge in [0.15, 0.2) is 0 Å². The summed E-state index contributed by atoms with van der Waals surface area (Å²) < 4.78 is 0. The molecule has 1 saturated heterocycles. The summed E-state index contributed by atoms with van der Waals surface area (Å²) in [6.07, 6.45) is 2.19. The molecule has 0 spiro atoms. The van der Waals surface area contributed by atoms with Gasteiger partial charge in [0.2, 0.25) is 0 Å². The monoisotopic (exact) mass is 214 g/mol. The molecule has 3 nitrogen and oxygen atoms in total. The topological polar surface area (TPSA) is 35.5 Å². The average molecular weight is 214 g/mol. The molecule has 1 aliphatic rings. The van der Waals surface area contributed by atoms with Gasteiger partial charge in [0.05, 0.1) is 6.61 Å². The first kappa shape index (κ1) is 12.9. The van der Waals surface area contributed by atoms with Crippen LogP contribution in [0.25, 0.3) is 0 Å². The zero-order valence-corrected chi connectivity index (χ0v) is 10.5. The van der Waals surface area contributed by atoms with E-state index < -0.39 is 0 Å². The first-order chi connectivity index (χ1) is 7.08. The number of hydrogen-bond acceptors (Lipinski definition) is 3. The number of aliphatic hydroxyl groups excluding tert-OH is 1. The van der Waals surface area contributed by atoms with Gasteiger partial charge >= 0.3 is 0 Å². The molecule has 0 bridgehead atoms. The normalized spacial score (nSPS) is 35.4. The molecule has 0 aromatic heterocycles. The summed E-state index contributed by atoms with van der Waals surface area (Å²) >= 11 is 0. The van der Waals surface area contributed by atoms with Gasteiger partial charge in [0, 0.05) is 24.7 Å². The van der Waals surface area contributed by atoms with Gasteiger partial charge in [-0.2, -0.15) is 0 Å². The van der Waals surface area contributed by atoms with Gasteiger partial charge in [0.1, 0.15) is 0 Å². The lowest BCUT2D eigenvalue weighted by molar-refractivity contribution is 0.106. The van der Waals surface area contributed by atoms with Gasteiger partial charge in [0.25, 0.3) is 0 Å². The summed E-state index contributed by atoms with van der Waals surface area (Å²) in [5.41, 5.74) is 0. The number of hydrogen-bond donors (Lipinski definition) is 2. The fourth-order valence-corrected chi connectivity index (χ4v) is 2.38. The molecule has 1 fully saturated rings. The number of nitrogens with zero attached hydrogens (tertiary/aromatic N) is 1. The lowest BCUT2D eigenvalue weighted by Gasteiger charge is -2.41. The Hall–Kier alpha value is -0.120. The summed E-state index contributed by atoms with van der Waals surface area (Å²) in [5, 5.41) is 12.8. The smallest absolute Gasteiger partial charge is 0.0584 e. The van der Waals surface area contributed by atoms with Crippen LogP contribution in [-0.2, 0) is 0 Å². The minimum Gasteiger partial charge on any atom is -0.395 e. The van der Waals surface area contributed by atoms with Crippen LogP contribution in [0, 0.1) is 5.92 Å². The standard InChI is InChI=1S/C12H26N2O/c1-5-11(8-15)13-12-6-10(3)14(4)7-9(12)2/h9-13,15H,5-8H2,1-4H3/t9-,10-,11+,12-/m0/s1. The van der Waals surface area contributed by atoms with Crippen molar-refractivity contribution in [2.75, 3.05) is 20.2 Å². The van der Waals surface area contributed by atoms with E-state index in [4.69, 9.17) is 0 Å². The second kappa shape index (κ2) is 5.83. The molecule has 0 unspecified atom stereocenters. The van der Waals surface area contributed by atoms with Gasteiger partial charge in [-0.1, -0.05) is 13.8 Å². The molecule has 0 aromatic carbocycles. The second-order valence-corrected chi connectivity index (χ2v) is 5.06. The highest BCUT2D eigenvalue weighted by Crippen LogP contribution is 2.21. The number of piperidine rings is 1. The van der Waals surface area contributed by atoms with E-state index in [1.165, 1.54) is 6.42 Å². The Morgan fingerprint density at radius 3 is 2.67 bits per heavy atom. The van der Waals surface area contributed by atoms with E-state index in [0.29, 0.717) is 18.0 Å². The van der Waals surface area contributed by atoms with Gasteiger partial charge in [-0.3, -0.25) is 0 Å². The maximum atomic E-state index is 9.19. The molecule has 4 atom stereocenters. The van der Waals surface area contributed by atoms with E-state index in [1.54, 1.807) is 0 Å². The van der Waals surface area contributed by atoms with Gasteiger partial charge in [-0.25, -0.2) is 0 Å². The first-order valence-corrected chi connectivity index (χ1v) is 6.15. The summed E-state index contributed by atoms with van der Waals surface area (Å²) in [6, 6.07) is 1.48. The number of likely N-dealkylation sites (tertiary alicyclic amines) is 1. The third kappa shape index (κ3) is 3.44. The van der Waals surface area contributed by atoms with Crippen LogP contribution in [0.5, 0.6) is 0 Å². The third-order valence-corrected chi connectivity index (χ3v) is 3.77. The highest BCUT2D eigenvalue weighted by molar-refractivity contribution is 4.87. The molecule has 1 heterocycles. The van der Waals surface area contributed by atoms with Crippen molar-refractivity contribution in [3.8, 4) is 0 Å². The Labute approximate surface area is 93.9 Å². The number of nitrogens with one attached hydrogen (secondary N) is 1. The van der Waals surface area contributed by atoms with E-state index in [0.717, 1.165) is 13.0 Å². The zero-order valence-electron chi connectivity index (χ0n) is 10.5. The minimum absolute atomic E-state index is 0.254. The molecular weight excluding hydrogens is 188 g/mol. The molecule has 0 aromatic rings. The average Bonchev–Trinajstić information content (AvgIpc) is 2.21. The SMILES string of the molecule is CC[C@H](CO)N[C@H]1C[C@H](C)N(C)C[C@@H]1C. The Morgan fingerprint density at radius 1 is 1.47 bits per heavy atom. The lowest BCUT2D eigenvalue weighted by atomic mass is 9.89. The van der Waals surface area contributed by atoms with Crippen molar-refractivity contribution in [3.05, 3.63) is 0 Å². The minimum atomic E-state index is 0.254. The van der Waals surface area contributed by atoms with Crippen molar-refractivity contribution < 1.29 is 5.11 Å². The predicted octanol–water partition coefficient (Wildman–Crippen LogP) is 1.08. The fraction of sp³-hybridized carbons (Fsp3) is 1.00. The van der Waals surface area contributed by atoms with E-state index in [-0.39, 0.29) is 12.6 Å². The lowest BCUT2D eigenvalue weighted by Crippen LogP contribution is -2.53. The molecule has 0 aliphatic carbocycles. The third-order valence-electron chi connectivity index (χ3n) is 3.77. The predicted molar refractivity (Wildman–Crippen MR) is 64.0 cm³/mol. The molecule has 1 rings (SSSR count). The summed E-state index contributed by atoms with van der Waals surface area (Å²) in [4.78, 5) is 2.42. The van der Waals surface area contributed by atoms with Crippen LogP contribution < -0.4 is 5.32 Å². The quantitative estimate of drug-likeness (QED) is 0.735. The fourth-order valence-electron chi connectivity index (χ4n) is 2.38. The van der Waals surface area contributed by atoms with Crippen molar-refractivity contribution in [2.45, 2.75) is 51.7 Å². The van der Waals surface area contributed by atoms with Crippen molar-refractivity contribution in [1.82, 2.24) is 10.2 Å². The van der Waals surface area contributed by atoms with Crippen LogP contribution in [0.2, 0.25) is 0 Å². The summed E-state index contributed by atoms with van der Waals surface area (Å²) in [6.45, 7) is 8.10. The molecule has 3 heteroatoms. The first-order valence-electron chi connectivity index (χ1n) is 6.15. The van der Waals surface area contributed by atoms with Crippen LogP contribution >= 0.6 is 0 Å². The van der Waals surface area contributed by atoms with Gasteiger partial charge < -0.3 is 15.3 Å². The van der Waals surface area contributed by atoms with Crippen molar-refractivity contribution >= 4 is 0 Å². The number of aliphatic hydroxyl groups is 1. The van der Waals surface area contributed by atoms with Gasteiger partial charge in [-0.05, 0) is 32.7 Å². The Balaban J connectivity index is 2.47. The van der Waals surface area contributed by atoms with Crippen LogP contribution in [0.1, 0.15) is 33.6 Å². The van der Waals surface area contributed by atoms with Crippen molar-refractivity contribution in [1.29, 1.82) is 0 Å². The highest BCUT2D eigenvalue weighted by Gasteiger charge is 2.29. The highest BCUT2D eigenvalue weighted by atomic mass is 16.3. The van der Waals surface area contributed by atoms with E-state index in [1.807, 2.05) is 0 Å². The van der Waals surface area contributed by atoms with E-state index in [9.17, 15) is 5.11 Å². The molecule has 15 heavy (non-hydrogen) atoms. The van der Waals surface area contributed by atoms with Crippen LogP contribution in [0.4, 0.5) is 0 Å². The largest absolute Gasteiger partial charge is 0.395 e. The molecule has 0 amide bonds. The zero-order chi connectivity index (χ0) is 11.4. The van der Waals surface area contributed by atoms with E-state index in [2.05, 4.69) is 38.0 Å². The Bertz CT molecular complexity index is 182. The second-order valence-electron chi connectivity index (χ2n) is 5.06. The van der Waals surface area contributed by atoms with Gasteiger partial charge in [-0.15, -0.1) is 0 Å². The molecular formula is C12H26N2O. The Kier molecular flexibility index (Phi) is 5.03. The molecule has 0 radical (unpaired) electrons. The molecule has 2 N–H and O–H groups in total. The summed E-state index contributed by atoms with van der Waals surface area (Å²) in [7, 11) is 2.20. The van der Waals surface area contributed by atoms with Crippen LogP contribution in [-0.4, -0.2) is 48.3 Å². The summed E-state index contributed by atoms with van der Waals surface area (Å²) in [5.74, 6) is 0.673. The molecule has 90 valence electrons. The maximum absolute atomic E-state index is 9.19.